The molecule has 0 aliphatic carbocycles. The van der Waals surface area contributed by atoms with Gasteiger partial charge < -0.3 is 21.7 Å². The molecule has 0 fully saturated rings. The molecule has 0 radical (unpaired) electrons. The fourth-order valence-electron chi connectivity index (χ4n) is 4.11. The van der Waals surface area contributed by atoms with Gasteiger partial charge in [0.15, 0.2) is 0 Å². The molecule has 5 aromatic rings. The third-order valence-electron chi connectivity index (χ3n) is 5.88. The van der Waals surface area contributed by atoms with E-state index >= 15 is 0 Å². The van der Waals surface area contributed by atoms with Gasteiger partial charge >= 0.3 is 6.03 Å². The van der Waals surface area contributed by atoms with Crippen molar-refractivity contribution in [2.45, 2.75) is 12.8 Å². The molecule has 1 heterocycles. The Bertz CT molecular complexity index is 1410. The summed E-state index contributed by atoms with van der Waals surface area (Å²) in [6.45, 7) is 0.673. The first-order chi connectivity index (χ1) is 17.2. The molecule has 2 amide bonds. The van der Waals surface area contributed by atoms with Gasteiger partial charge in [-0.3, -0.25) is 0 Å². The Hall–Kier alpha value is -4.42. The maximum absolute atomic E-state index is 12.4. The van der Waals surface area contributed by atoms with Crippen molar-refractivity contribution >= 4 is 50.6 Å². The summed E-state index contributed by atoms with van der Waals surface area (Å²) in [5.41, 5.74) is 12.0. The van der Waals surface area contributed by atoms with Crippen LogP contribution in [-0.2, 0) is 6.42 Å². The highest BCUT2D eigenvalue weighted by atomic mass is 16.2. The molecule has 174 valence electrons. The highest BCUT2D eigenvalue weighted by molar-refractivity contribution is 6.08. The minimum absolute atomic E-state index is 0.286. The highest BCUT2D eigenvalue weighted by Gasteiger charge is 2.09. The summed E-state index contributed by atoms with van der Waals surface area (Å²) in [5, 5.41) is 11.4. The number of aryl methyl sites for hydroxylation is 1. The number of hydrogen-bond donors (Lipinski definition) is 4. The lowest BCUT2D eigenvalue weighted by Gasteiger charge is -2.14. The number of nitrogens with zero attached hydrogens (tertiary/aromatic N) is 1. The average molecular weight is 462 g/mol. The number of fused-ring (bicyclic) bond motifs is 2. The van der Waals surface area contributed by atoms with Gasteiger partial charge in [0, 0.05) is 27.8 Å². The fraction of sp³-hybridized carbons (Fsp3) is 0.103. The Morgan fingerprint density at radius 1 is 0.686 bits per heavy atom. The molecule has 5 N–H and O–H groups in total. The van der Waals surface area contributed by atoms with E-state index in [9.17, 15) is 4.79 Å². The van der Waals surface area contributed by atoms with E-state index in [0.29, 0.717) is 12.2 Å². The van der Waals surface area contributed by atoms with Crippen molar-refractivity contribution in [2.75, 3.05) is 22.5 Å². The number of aromatic nitrogens is 1. The molecule has 0 bridgehead atoms. The minimum atomic E-state index is -0.286. The third-order valence-corrected chi connectivity index (χ3v) is 5.88. The number of carbonyl (C=O) groups is 1. The monoisotopic (exact) mass is 461 g/mol. The molecule has 5 rings (SSSR count). The van der Waals surface area contributed by atoms with Gasteiger partial charge in [-0.15, -0.1) is 0 Å². The van der Waals surface area contributed by atoms with Gasteiger partial charge in [-0.05, 0) is 73.5 Å². The Morgan fingerprint density at radius 2 is 1.20 bits per heavy atom. The molecule has 6 heteroatoms. The predicted octanol–water partition coefficient (Wildman–Crippen LogP) is 6.67. The smallest absolute Gasteiger partial charge is 0.323 e. The maximum atomic E-state index is 12.4. The first kappa shape index (κ1) is 22.4. The second-order valence-electron chi connectivity index (χ2n) is 8.39. The quantitative estimate of drug-likeness (QED) is 0.204. The van der Waals surface area contributed by atoms with Crippen LogP contribution in [0.25, 0.3) is 21.8 Å². The Balaban J connectivity index is 1.28. The first-order valence-corrected chi connectivity index (χ1v) is 11.7. The summed E-state index contributed by atoms with van der Waals surface area (Å²) < 4.78 is 0. The summed E-state index contributed by atoms with van der Waals surface area (Å²) in [6.07, 6.45) is 1.89. The zero-order valence-corrected chi connectivity index (χ0v) is 19.3. The van der Waals surface area contributed by atoms with Gasteiger partial charge in [0.2, 0.25) is 0 Å². The highest BCUT2D eigenvalue weighted by Crippen LogP contribution is 2.33. The molecule has 35 heavy (non-hydrogen) atoms. The Kier molecular flexibility index (Phi) is 6.55. The third kappa shape index (κ3) is 5.23. The maximum Gasteiger partial charge on any atom is 0.323 e. The van der Waals surface area contributed by atoms with Crippen LogP contribution in [-0.4, -0.2) is 17.6 Å². The van der Waals surface area contributed by atoms with Crippen molar-refractivity contribution in [2.24, 2.45) is 5.73 Å². The average Bonchev–Trinajstić information content (AvgIpc) is 2.89. The standard InChI is InChI=1S/C29H27N5O/c30-19-5-6-20-11-13-22(14-12-20)32-29(35)33-23-17-15-21(16-18-23)31-28-24-7-1-3-9-26(24)34-27-10-4-2-8-25(27)28/h1-4,7-18H,5-6,19,30H2,(H,31,34)(H2,32,33,35). The molecule has 0 aliphatic heterocycles. The van der Waals surface area contributed by atoms with E-state index in [1.807, 2.05) is 84.9 Å². The van der Waals surface area contributed by atoms with Gasteiger partial charge in [-0.1, -0.05) is 48.5 Å². The van der Waals surface area contributed by atoms with E-state index in [2.05, 4.69) is 28.1 Å². The predicted molar refractivity (Wildman–Crippen MR) is 145 cm³/mol. The Labute approximate surface area is 204 Å². The summed E-state index contributed by atoms with van der Waals surface area (Å²) in [6, 6.07) is 31.4. The van der Waals surface area contributed by atoms with Gasteiger partial charge in [0.25, 0.3) is 0 Å². The fourth-order valence-corrected chi connectivity index (χ4v) is 4.11. The molecule has 0 saturated carbocycles. The lowest BCUT2D eigenvalue weighted by molar-refractivity contribution is 0.262. The van der Waals surface area contributed by atoms with Crippen LogP contribution in [0.15, 0.2) is 97.1 Å². The van der Waals surface area contributed by atoms with Crippen LogP contribution in [0.1, 0.15) is 12.0 Å². The molecule has 0 unspecified atom stereocenters. The summed E-state index contributed by atoms with van der Waals surface area (Å²) >= 11 is 0. The van der Waals surface area contributed by atoms with E-state index in [4.69, 9.17) is 10.7 Å². The van der Waals surface area contributed by atoms with Crippen LogP contribution in [0, 0.1) is 0 Å². The number of nitrogens with two attached hydrogens (primary N) is 1. The molecule has 4 aromatic carbocycles. The molecule has 0 saturated heterocycles. The first-order valence-electron chi connectivity index (χ1n) is 11.7. The van der Waals surface area contributed by atoms with Crippen LogP contribution in [0.4, 0.5) is 27.5 Å². The van der Waals surface area contributed by atoms with E-state index in [-0.39, 0.29) is 6.03 Å². The van der Waals surface area contributed by atoms with Crippen molar-refractivity contribution in [1.29, 1.82) is 0 Å². The lowest BCUT2D eigenvalue weighted by atomic mass is 10.1. The second kappa shape index (κ2) is 10.2. The number of benzene rings is 4. The molecule has 0 atom stereocenters. The number of urea groups is 1. The molecule has 0 aliphatic rings. The number of anilines is 4. The zero-order valence-electron chi connectivity index (χ0n) is 19.3. The number of hydrogen-bond acceptors (Lipinski definition) is 4. The molecular weight excluding hydrogens is 434 g/mol. The Morgan fingerprint density at radius 3 is 1.77 bits per heavy atom. The number of para-hydroxylation sites is 2. The second-order valence-corrected chi connectivity index (χ2v) is 8.39. The minimum Gasteiger partial charge on any atom is -0.354 e. The number of amides is 2. The van der Waals surface area contributed by atoms with Gasteiger partial charge in [-0.2, -0.15) is 0 Å². The van der Waals surface area contributed by atoms with E-state index in [1.165, 1.54) is 5.56 Å². The van der Waals surface area contributed by atoms with E-state index in [1.54, 1.807) is 0 Å². The number of carbonyl (C=O) groups excluding carboxylic acids is 1. The molecule has 0 spiro atoms. The van der Waals surface area contributed by atoms with Gasteiger partial charge in [-0.25, -0.2) is 9.78 Å². The van der Waals surface area contributed by atoms with Crippen molar-refractivity contribution in [3.63, 3.8) is 0 Å². The lowest BCUT2D eigenvalue weighted by Crippen LogP contribution is -2.19. The van der Waals surface area contributed by atoms with Crippen molar-refractivity contribution < 1.29 is 4.79 Å². The normalized spacial score (nSPS) is 10.9. The summed E-state index contributed by atoms with van der Waals surface area (Å²) in [7, 11) is 0. The number of pyridine rings is 1. The van der Waals surface area contributed by atoms with Crippen molar-refractivity contribution in [1.82, 2.24) is 4.98 Å². The van der Waals surface area contributed by atoms with Crippen LogP contribution < -0.4 is 21.7 Å². The molecule has 1 aromatic heterocycles. The zero-order chi connectivity index (χ0) is 24.0. The number of nitrogens with one attached hydrogen (secondary N) is 3. The summed E-state index contributed by atoms with van der Waals surface area (Å²) in [5.74, 6) is 0. The largest absolute Gasteiger partial charge is 0.354 e. The number of rotatable bonds is 7. The van der Waals surface area contributed by atoms with Crippen LogP contribution in [0.2, 0.25) is 0 Å². The van der Waals surface area contributed by atoms with Crippen LogP contribution in [0.3, 0.4) is 0 Å². The summed E-state index contributed by atoms with van der Waals surface area (Å²) in [4.78, 5) is 17.2. The topological polar surface area (TPSA) is 92.1 Å². The van der Waals surface area contributed by atoms with Gasteiger partial charge in [0.05, 0.1) is 16.7 Å². The van der Waals surface area contributed by atoms with Gasteiger partial charge in [0.1, 0.15) is 0 Å². The van der Waals surface area contributed by atoms with Crippen LogP contribution >= 0.6 is 0 Å². The van der Waals surface area contributed by atoms with E-state index in [0.717, 1.165) is 51.7 Å². The molecule has 6 nitrogen and oxygen atoms in total. The SMILES string of the molecule is NCCCc1ccc(NC(=O)Nc2ccc(Nc3c4ccccc4nc4ccccc34)cc2)cc1. The molecular formula is C29H27N5O. The van der Waals surface area contributed by atoms with Crippen LogP contribution in [0.5, 0.6) is 0 Å². The van der Waals surface area contributed by atoms with Crippen molar-refractivity contribution in [3.05, 3.63) is 103 Å². The van der Waals surface area contributed by atoms with E-state index < -0.39 is 0 Å². The van der Waals surface area contributed by atoms with Crippen molar-refractivity contribution in [3.8, 4) is 0 Å².